The molecule has 0 amide bonds. The predicted octanol–water partition coefficient (Wildman–Crippen LogP) is 5.73. The highest BCUT2D eigenvalue weighted by Gasteiger charge is 1.95. The summed E-state index contributed by atoms with van der Waals surface area (Å²) < 4.78 is 0. The fourth-order valence-electron chi connectivity index (χ4n) is 2.35. The third-order valence-corrected chi connectivity index (χ3v) is 3.65. The van der Waals surface area contributed by atoms with Crippen molar-refractivity contribution < 1.29 is 9.90 Å². The maximum atomic E-state index is 10.3. The van der Waals surface area contributed by atoms with Crippen molar-refractivity contribution in [2.75, 3.05) is 0 Å². The fourth-order valence-corrected chi connectivity index (χ4v) is 2.35. The van der Waals surface area contributed by atoms with Crippen LogP contribution in [0.5, 0.6) is 0 Å². The molecule has 0 aromatic rings. The zero-order chi connectivity index (χ0) is 14.9. The number of carbonyl (C=O) groups is 1. The Hall–Kier alpha value is -0.258. The van der Waals surface area contributed by atoms with E-state index in [9.17, 15) is 4.79 Å². The van der Waals surface area contributed by atoms with Crippen molar-refractivity contribution in [3.8, 4) is 0 Å². The van der Waals surface area contributed by atoms with Crippen LogP contribution in [0.1, 0.15) is 96.8 Å². The van der Waals surface area contributed by atoms with E-state index in [0.717, 1.165) is 12.8 Å². The summed E-state index contributed by atoms with van der Waals surface area (Å²) in [6, 6.07) is 0. The Kier molecular flexibility index (Phi) is 21.6. The normalized spacial score (nSPS) is 10.7. The minimum absolute atomic E-state index is 0. The molecule has 0 unspecified atom stereocenters. The van der Waals surface area contributed by atoms with Crippen LogP contribution in [-0.2, 0) is 4.79 Å². The van der Waals surface area contributed by atoms with Gasteiger partial charge in [0.15, 0.2) is 0 Å². The van der Waals surface area contributed by atoms with E-state index in [1.807, 2.05) is 0 Å². The number of aliphatic carboxylic acids is 1. The molecule has 0 rings (SSSR count). The first-order valence-corrected chi connectivity index (χ1v) is 8.64. The Morgan fingerprint density at radius 3 is 1.67 bits per heavy atom. The Morgan fingerprint density at radius 1 is 0.762 bits per heavy atom. The van der Waals surface area contributed by atoms with Gasteiger partial charge in [-0.15, -0.1) is 0 Å². The summed E-state index contributed by atoms with van der Waals surface area (Å²) in [6.45, 7) is 2.26. The van der Waals surface area contributed by atoms with E-state index in [-0.39, 0.29) is 17.4 Å². The number of carboxylic acid groups (broad SMARTS) is 1. The van der Waals surface area contributed by atoms with Gasteiger partial charge in [0.1, 0.15) is 0 Å². The van der Waals surface area contributed by atoms with Crippen LogP contribution < -0.4 is 0 Å². The molecule has 0 heterocycles. The lowest BCUT2D eigenvalue weighted by molar-refractivity contribution is -0.137. The molecule has 0 aliphatic heterocycles. The molecule has 0 aromatic carbocycles. The molecule has 3 heteroatoms. The topological polar surface area (TPSA) is 37.3 Å². The Labute approximate surface area is 142 Å². The molecule has 0 fully saturated rings. The third-order valence-electron chi connectivity index (χ3n) is 3.65. The molecule has 21 heavy (non-hydrogen) atoms. The summed E-state index contributed by atoms with van der Waals surface area (Å²) >= 11 is 0. The smallest absolute Gasteiger partial charge is 0.303 e. The molecule has 3 radical (unpaired) electrons. The van der Waals surface area contributed by atoms with E-state index in [4.69, 9.17) is 5.11 Å². The number of hydrogen-bond donors (Lipinski definition) is 1. The molecule has 2 nitrogen and oxygen atoms in total. The van der Waals surface area contributed by atoms with Gasteiger partial charge in [0, 0.05) is 23.8 Å². The number of carboxylic acids is 1. The molecule has 0 aliphatic rings. The van der Waals surface area contributed by atoms with Crippen LogP contribution in [0.15, 0.2) is 12.2 Å². The third kappa shape index (κ3) is 22.2. The lowest BCUT2D eigenvalue weighted by Crippen LogP contribution is -1.93. The van der Waals surface area contributed by atoms with Crippen LogP contribution in [0.4, 0.5) is 0 Å². The molecule has 0 saturated heterocycles. The highest BCUT2D eigenvalue weighted by atomic mass is 27.0. The van der Waals surface area contributed by atoms with E-state index in [1.54, 1.807) is 0 Å². The van der Waals surface area contributed by atoms with Crippen LogP contribution in [0.25, 0.3) is 0 Å². The van der Waals surface area contributed by atoms with Crippen molar-refractivity contribution in [3.05, 3.63) is 12.2 Å². The monoisotopic (exact) mass is 309 g/mol. The summed E-state index contributed by atoms with van der Waals surface area (Å²) in [5.41, 5.74) is 0. The van der Waals surface area contributed by atoms with Crippen LogP contribution in [0, 0.1) is 0 Å². The van der Waals surface area contributed by atoms with E-state index in [0.29, 0.717) is 6.42 Å². The van der Waals surface area contributed by atoms with Gasteiger partial charge in [-0.05, 0) is 32.1 Å². The number of unbranched alkanes of at least 4 members (excludes halogenated alkanes) is 11. The van der Waals surface area contributed by atoms with Gasteiger partial charge in [-0.3, -0.25) is 4.79 Å². The number of rotatable bonds is 15. The maximum absolute atomic E-state index is 10.3. The molecule has 0 saturated carbocycles. The van der Waals surface area contributed by atoms with Crippen LogP contribution in [0.3, 0.4) is 0 Å². The first-order chi connectivity index (χ1) is 9.77. The molecule has 0 aromatic heterocycles. The minimum Gasteiger partial charge on any atom is -0.481 e. The largest absolute Gasteiger partial charge is 0.481 e. The maximum Gasteiger partial charge on any atom is 0.303 e. The molecule has 0 spiro atoms. The Morgan fingerprint density at radius 2 is 1.19 bits per heavy atom. The summed E-state index contributed by atoms with van der Waals surface area (Å²) in [5, 5.41) is 8.51. The van der Waals surface area contributed by atoms with E-state index in [1.165, 1.54) is 70.6 Å². The zero-order valence-corrected chi connectivity index (χ0v) is 15.1. The summed E-state index contributed by atoms with van der Waals surface area (Å²) in [7, 11) is 0. The van der Waals surface area contributed by atoms with Crippen molar-refractivity contribution in [1.82, 2.24) is 0 Å². The van der Waals surface area contributed by atoms with Gasteiger partial charge in [0.2, 0.25) is 0 Å². The van der Waals surface area contributed by atoms with Crippen LogP contribution in [-0.4, -0.2) is 28.4 Å². The molecule has 1 N–H and O–H groups in total. The zero-order valence-electron chi connectivity index (χ0n) is 14.0. The summed E-state index contributed by atoms with van der Waals surface area (Å²) in [4.78, 5) is 10.3. The molecular formula is C18H34AlO2. The molecule has 0 atom stereocenters. The predicted molar refractivity (Wildman–Crippen MR) is 92.8 cm³/mol. The molecule has 0 bridgehead atoms. The number of hydrogen-bond acceptors (Lipinski definition) is 1. The van der Waals surface area contributed by atoms with Crippen molar-refractivity contribution >= 4 is 23.3 Å². The van der Waals surface area contributed by atoms with Gasteiger partial charge in [-0.1, -0.05) is 70.4 Å². The van der Waals surface area contributed by atoms with Gasteiger partial charge in [0.25, 0.3) is 0 Å². The van der Waals surface area contributed by atoms with Crippen molar-refractivity contribution in [1.29, 1.82) is 0 Å². The summed E-state index contributed by atoms with van der Waals surface area (Å²) in [5.74, 6) is -0.664. The first kappa shape index (κ1) is 23.0. The lowest BCUT2D eigenvalue weighted by Gasteiger charge is -1.99. The second-order valence-corrected chi connectivity index (χ2v) is 5.73. The van der Waals surface area contributed by atoms with Gasteiger partial charge in [-0.25, -0.2) is 0 Å². The van der Waals surface area contributed by atoms with E-state index < -0.39 is 5.97 Å². The van der Waals surface area contributed by atoms with Crippen molar-refractivity contribution in [2.24, 2.45) is 0 Å². The molecule has 0 aliphatic carbocycles. The van der Waals surface area contributed by atoms with Gasteiger partial charge in [-0.2, -0.15) is 0 Å². The SMILES string of the molecule is CCCCCCCC/C=C/CCCCCCCC(=O)O.[Al]. The number of allylic oxidation sites excluding steroid dienone is 2. The summed E-state index contributed by atoms with van der Waals surface area (Å²) in [6.07, 6.45) is 21.2. The lowest BCUT2D eigenvalue weighted by atomic mass is 10.1. The second-order valence-electron chi connectivity index (χ2n) is 5.73. The Balaban J connectivity index is 0. The van der Waals surface area contributed by atoms with Crippen molar-refractivity contribution in [2.45, 2.75) is 96.8 Å². The standard InChI is InChI=1S/C18H34O2.Al/c1-2-3-4-5-6-7-8-9-10-11-12-13-14-15-16-17-18(19)20;/h9-10H,2-8,11-17H2,1H3,(H,19,20);/b10-9+;. The van der Waals surface area contributed by atoms with Gasteiger partial charge in [0.05, 0.1) is 0 Å². The highest BCUT2D eigenvalue weighted by Crippen LogP contribution is 2.09. The quantitative estimate of drug-likeness (QED) is 0.238. The van der Waals surface area contributed by atoms with Gasteiger partial charge < -0.3 is 5.11 Å². The average molecular weight is 309 g/mol. The molecular weight excluding hydrogens is 275 g/mol. The first-order valence-electron chi connectivity index (χ1n) is 8.64. The van der Waals surface area contributed by atoms with E-state index >= 15 is 0 Å². The van der Waals surface area contributed by atoms with Gasteiger partial charge >= 0.3 is 5.97 Å². The second kappa shape index (κ2) is 19.7. The van der Waals surface area contributed by atoms with E-state index in [2.05, 4.69) is 19.1 Å². The Bertz CT molecular complexity index is 239. The molecule has 121 valence electrons. The fraction of sp³-hybridized carbons (Fsp3) is 0.833. The van der Waals surface area contributed by atoms with Crippen LogP contribution >= 0.6 is 0 Å². The minimum atomic E-state index is -0.664. The average Bonchev–Trinajstić information content (AvgIpc) is 2.43. The van der Waals surface area contributed by atoms with Crippen molar-refractivity contribution in [3.63, 3.8) is 0 Å². The highest BCUT2D eigenvalue weighted by molar-refractivity contribution is 5.75. The van der Waals surface area contributed by atoms with Crippen LogP contribution in [0.2, 0.25) is 0 Å².